The van der Waals surface area contributed by atoms with Gasteiger partial charge in [-0.05, 0) is 138 Å². The van der Waals surface area contributed by atoms with Crippen molar-refractivity contribution >= 4 is 71.3 Å². The van der Waals surface area contributed by atoms with Crippen LogP contribution < -0.4 is 18.9 Å². The average molecular weight is 1050 g/mol. The van der Waals surface area contributed by atoms with Crippen molar-refractivity contribution in [2.75, 3.05) is 26.4 Å². The monoisotopic (exact) mass is 1050 g/mol. The molecular weight excluding hydrogens is 997 g/mol. The molecule has 0 saturated heterocycles. The average Bonchev–Trinajstić information content (AvgIpc) is 3.87. The second kappa shape index (κ2) is 28.0. The van der Waals surface area contributed by atoms with Crippen LogP contribution in [0.1, 0.15) is 97.8 Å². The second-order valence-electron chi connectivity index (χ2n) is 17.1. The first-order valence-corrected chi connectivity index (χ1v) is 25.5. The van der Waals surface area contributed by atoms with Crippen molar-refractivity contribution in [3.63, 3.8) is 0 Å². The highest BCUT2D eigenvalue weighted by Gasteiger charge is 2.37. The van der Waals surface area contributed by atoms with E-state index in [0.717, 1.165) is 35.7 Å². The van der Waals surface area contributed by atoms with E-state index < -0.39 is 71.4 Å². The molecule has 0 amide bonds. The molecule has 386 valence electrons. The number of rotatable bonds is 22. The largest absolute Gasteiger partial charge is 0.463 e. The molecule has 1 heterocycles. The van der Waals surface area contributed by atoms with Gasteiger partial charge in [-0.1, -0.05) is 36.7 Å². The quantitative estimate of drug-likeness (QED) is 0.0227. The molecule has 3 aromatic rings. The summed E-state index contributed by atoms with van der Waals surface area (Å²) in [4.78, 5) is 101. The van der Waals surface area contributed by atoms with Gasteiger partial charge in [-0.25, -0.2) is 19.2 Å². The molecule has 3 aromatic carbocycles. The van der Waals surface area contributed by atoms with Gasteiger partial charge in [-0.15, -0.1) is 0 Å². The minimum atomic E-state index is -0.555. The first-order valence-electron chi connectivity index (χ1n) is 23.9. The summed E-state index contributed by atoms with van der Waals surface area (Å²) in [6, 6.07) is 18.6. The highest BCUT2D eigenvalue weighted by Crippen LogP contribution is 2.59. The van der Waals surface area contributed by atoms with Crippen LogP contribution >= 0.6 is 23.5 Å². The Kier molecular flexibility index (Phi) is 21.0. The normalized spacial score (nSPS) is 17.6. The molecule has 0 radical (unpaired) electrons. The third-order valence-corrected chi connectivity index (χ3v) is 14.7. The van der Waals surface area contributed by atoms with E-state index in [1.165, 1.54) is 60.7 Å². The zero-order valence-corrected chi connectivity index (χ0v) is 41.8. The molecule has 1 aliphatic heterocycles. The molecule has 0 spiro atoms. The summed E-state index contributed by atoms with van der Waals surface area (Å²) in [5, 5.41) is 19.3. The fraction of sp³-hybridized carbons (Fsp3) is 0.370. The molecule has 0 bridgehead atoms. The standard InChI is InChI=1S/C54H52N2O16S2/c1-3-44(57)65-27-5-7-29-67-48(59)33-17-21-40(22-18-33)69-50(61)35-9-13-37(14-10-35)52(63)71-42-25-26-43(47-46(42)73-54(74-47)39(31-55)32-56)72-53(64)38-15-11-36(12-16-38)51(62)70-41-23-19-34(20-24-41)49(60)68-30-8-6-28-66-45(58)4-2/h3-4,17-26,35-38H,1-2,5-16,27-30H2/t35-,36-,37-,38-. The molecule has 74 heavy (non-hydrogen) atoms. The van der Waals surface area contributed by atoms with Gasteiger partial charge in [0.1, 0.15) is 40.7 Å². The fourth-order valence-corrected chi connectivity index (χ4v) is 10.4. The Morgan fingerprint density at radius 2 is 0.784 bits per heavy atom. The van der Waals surface area contributed by atoms with Gasteiger partial charge in [-0.3, -0.25) is 19.2 Å². The molecule has 0 unspecified atom stereocenters. The lowest BCUT2D eigenvalue weighted by atomic mass is 9.82. The Bertz CT molecular complexity index is 2540. The summed E-state index contributed by atoms with van der Waals surface area (Å²) in [7, 11) is 0. The third-order valence-electron chi connectivity index (χ3n) is 12.0. The summed E-state index contributed by atoms with van der Waals surface area (Å²) in [5.74, 6) is -5.43. The van der Waals surface area contributed by atoms with Crippen LogP contribution in [-0.4, -0.2) is 74.2 Å². The predicted molar refractivity (Wildman–Crippen MR) is 264 cm³/mol. The molecule has 0 atom stereocenters. The first-order chi connectivity index (χ1) is 35.8. The smallest absolute Gasteiger partial charge is 0.338 e. The van der Waals surface area contributed by atoms with Gasteiger partial charge in [0.2, 0.25) is 0 Å². The van der Waals surface area contributed by atoms with Crippen LogP contribution in [0.25, 0.3) is 0 Å². The molecule has 3 aliphatic rings. The molecule has 20 heteroatoms. The van der Waals surface area contributed by atoms with Crippen molar-refractivity contribution in [3.05, 3.63) is 107 Å². The van der Waals surface area contributed by atoms with Crippen LogP contribution in [0.15, 0.2) is 106 Å². The Morgan fingerprint density at radius 3 is 1.09 bits per heavy atom. The van der Waals surface area contributed by atoms with Gasteiger partial charge in [0.15, 0.2) is 0 Å². The van der Waals surface area contributed by atoms with Gasteiger partial charge in [0.25, 0.3) is 0 Å². The maximum absolute atomic E-state index is 13.6. The summed E-state index contributed by atoms with van der Waals surface area (Å²) in [5.41, 5.74) is 0.366. The number of fused-ring (bicyclic) bond motifs is 1. The van der Waals surface area contributed by atoms with Crippen LogP contribution in [0, 0.1) is 46.3 Å². The topological polar surface area (TPSA) is 258 Å². The number of unbranched alkanes of at least 4 members (excludes halogenated alkanes) is 2. The number of thioether (sulfide) groups is 2. The summed E-state index contributed by atoms with van der Waals surface area (Å²) < 4.78 is 43.6. The van der Waals surface area contributed by atoms with Gasteiger partial charge in [-0.2, -0.15) is 10.5 Å². The van der Waals surface area contributed by atoms with E-state index in [4.69, 9.17) is 37.9 Å². The summed E-state index contributed by atoms with van der Waals surface area (Å²) in [6.07, 6.45) is 6.92. The lowest BCUT2D eigenvalue weighted by Gasteiger charge is -2.26. The minimum absolute atomic E-state index is 0.132. The number of carbonyl (C=O) groups is 8. The van der Waals surface area contributed by atoms with Crippen molar-refractivity contribution in [1.82, 2.24) is 0 Å². The Morgan fingerprint density at radius 1 is 0.473 bits per heavy atom. The molecule has 6 rings (SSSR count). The highest BCUT2D eigenvalue weighted by atomic mass is 32.2. The van der Waals surface area contributed by atoms with E-state index in [2.05, 4.69) is 13.2 Å². The molecule has 0 N–H and O–H groups in total. The molecular formula is C54H52N2O16S2. The maximum Gasteiger partial charge on any atom is 0.338 e. The lowest BCUT2D eigenvalue weighted by Crippen LogP contribution is -2.30. The van der Waals surface area contributed by atoms with Crippen LogP contribution in [0.2, 0.25) is 0 Å². The van der Waals surface area contributed by atoms with E-state index in [-0.39, 0.29) is 66.1 Å². The number of carbonyl (C=O) groups excluding carboxylic acids is 8. The fourth-order valence-electron chi connectivity index (χ4n) is 7.90. The molecule has 0 aromatic heterocycles. The van der Waals surface area contributed by atoms with E-state index >= 15 is 0 Å². The van der Waals surface area contributed by atoms with E-state index in [1.807, 2.05) is 12.1 Å². The molecule has 2 saturated carbocycles. The Labute approximate surface area is 435 Å². The van der Waals surface area contributed by atoms with Gasteiger partial charge in [0, 0.05) is 12.2 Å². The predicted octanol–water partition coefficient (Wildman–Crippen LogP) is 9.11. The zero-order valence-electron chi connectivity index (χ0n) is 40.2. The van der Waals surface area contributed by atoms with Crippen LogP contribution in [0.4, 0.5) is 0 Å². The lowest BCUT2D eigenvalue weighted by molar-refractivity contribution is -0.145. The number of hydrogen-bond acceptors (Lipinski definition) is 20. The van der Waals surface area contributed by atoms with Crippen LogP contribution in [-0.2, 0) is 47.7 Å². The van der Waals surface area contributed by atoms with Gasteiger partial charge in [0.05, 0.1) is 75.3 Å². The number of nitrogens with zero attached hydrogens (tertiary/aromatic N) is 2. The minimum Gasteiger partial charge on any atom is -0.463 e. The maximum atomic E-state index is 13.6. The van der Waals surface area contributed by atoms with Crippen molar-refractivity contribution < 1.29 is 76.3 Å². The molecule has 2 aliphatic carbocycles. The van der Waals surface area contributed by atoms with E-state index in [9.17, 15) is 48.9 Å². The van der Waals surface area contributed by atoms with Crippen molar-refractivity contribution in [3.8, 4) is 35.1 Å². The van der Waals surface area contributed by atoms with Crippen LogP contribution in [0.5, 0.6) is 23.0 Å². The van der Waals surface area contributed by atoms with E-state index in [1.54, 1.807) is 0 Å². The van der Waals surface area contributed by atoms with Crippen LogP contribution in [0.3, 0.4) is 0 Å². The zero-order chi connectivity index (χ0) is 53.0. The number of allylic oxidation sites excluding steroid dienone is 1. The summed E-state index contributed by atoms with van der Waals surface area (Å²) in [6.45, 7) is 7.28. The molecule has 18 nitrogen and oxygen atoms in total. The number of ether oxygens (including phenoxy) is 8. The van der Waals surface area contributed by atoms with Crippen molar-refractivity contribution in [2.24, 2.45) is 23.7 Å². The first kappa shape index (κ1) is 55.6. The number of nitriles is 2. The van der Waals surface area contributed by atoms with Crippen molar-refractivity contribution in [1.29, 1.82) is 10.5 Å². The number of esters is 8. The van der Waals surface area contributed by atoms with E-state index in [0.29, 0.717) is 91.1 Å². The number of benzene rings is 3. The Balaban J connectivity index is 0.953. The van der Waals surface area contributed by atoms with Gasteiger partial charge < -0.3 is 37.9 Å². The highest BCUT2D eigenvalue weighted by molar-refractivity contribution is 8.24. The van der Waals surface area contributed by atoms with Gasteiger partial charge >= 0.3 is 47.8 Å². The summed E-state index contributed by atoms with van der Waals surface area (Å²) >= 11 is 2.10. The third kappa shape index (κ3) is 15.9. The van der Waals surface area contributed by atoms with Crippen molar-refractivity contribution in [2.45, 2.75) is 86.8 Å². The number of hydrogen-bond donors (Lipinski definition) is 0. The SMILES string of the molecule is C=CC(=O)OCCCCOC(=O)c1ccc(OC(=O)[C@H]2CC[C@H](C(=O)Oc3ccc(OC(=O)[C@H]4CC[C@H](C(=O)Oc5ccc(C(=O)OCCCCOC(=O)C=C)cc5)CC4)c4c3SC(=C(C#N)C#N)S4)CC2)cc1. The molecule has 2 fully saturated rings. The Hall–Kier alpha value is -7.68. The second-order valence-corrected chi connectivity index (χ2v) is 19.4.